The van der Waals surface area contributed by atoms with Crippen molar-refractivity contribution in [2.45, 2.75) is 12.8 Å². The molecule has 2 N–H and O–H groups in total. The Kier molecular flexibility index (Phi) is 5.41. The summed E-state index contributed by atoms with van der Waals surface area (Å²) in [6.07, 6.45) is 1.37. The fourth-order valence-corrected chi connectivity index (χ4v) is 2.52. The standard InChI is InChI=1S/C16H16Cl2FN/c17-14-3-1-11(2-4-14)7-12(10-20)8-13-9-15(18)5-6-16(13)19/h1-6,9,12H,7-8,10,20H2. The van der Waals surface area contributed by atoms with E-state index in [0.29, 0.717) is 28.6 Å². The highest BCUT2D eigenvalue weighted by molar-refractivity contribution is 6.30. The molecule has 2 aromatic carbocycles. The van der Waals surface area contributed by atoms with E-state index in [9.17, 15) is 4.39 Å². The Morgan fingerprint density at radius 3 is 2.25 bits per heavy atom. The number of nitrogens with two attached hydrogens (primary N) is 1. The van der Waals surface area contributed by atoms with E-state index in [-0.39, 0.29) is 11.7 Å². The Hall–Kier alpha value is -1.09. The van der Waals surface area contributed by atoms with Crippen molar-refractivity contribution >= 4 is 23.2 Å². The zero-order chi connectivity index (χ0) is 14.5. The fourth-order valence-electron chi connectivity index (χ4n) is 2.20. The number of rotatable bonds is 5. The van der Waals surface area contributed by atoms with Crippen LogP contribution in [0.3, 0.4) is 0 Å². The SMILES string of the molecule is NCC(Cc1ccc(Cl)cc1)Cc1cc(Cl)ccc1F. The van der Waals surface area contributed by atoms with Gasteiger partial charge in [0.05, 0.1) is 0 Å². The molecule has 2 aromatic rings. The molecule has 20 heavy (non-hydrogen) atoms. The Bertz CT molecular complexity index is 569. The monoisotopic (exact) mass is 311 g/mol. The third kappa shape index (κ3) is 4.20. The van der Waals surface area contributed by atoms with Crippen molar-refractivity contribution in [3.63, 3.8) is 0 Å². The smallest absolute Gasteiger partial charge is 0.126 e. The van der Waals surface area contributed by atoms with E-state index in [1.165, 1.54) is 6.07 Å². The first-order valence-corrected chi connectivity index (χ1v) is 7.22. The molecular weight excluding hydrogens is 296 g/mol. The molecule has 0 fully saturated rings. The van der Waals surface area contributed by atoms with Crippen molar-refractivity contribution in [1.82, 2.24) is 0 Å². The van der Waals surface area contributed by atoms with Crippen molar-refractivity contribution in [2.75, 3.05) is 6.54 Å². The Morgan fingerprint density at radius 2 is 1.60 bits per heavy atom. The second-order valence-electron chi connectivity index (χ2n) is 4.87. The van der Waals surface area contributed by atoms with Crippen LogP contribution in [-0.4, -0.2) is 6.54 Å². The lowest BCUT2D eigenvalue weighted by Crippen LogP contribution is -2.20. The van der Waals surface area contributed by atoms with Gasteiger partial charge in [-0.3, -0.25) is 0 Å². The summed E-state index contributed by atoms with van der Waals surface area (Å²) in [7, 11) is 0. The molecule has 0 spiro atoms. The van der Waals surface area contributed by atoms with Gasteiger partial charge in [-0.2, -0.15) is 0 Å². The summed E-state index contributed by atoms with van der Waals surface area (Å²) in [4.78, 5) is 0. The van der Waals surface area contributed by atoms with E-state index in [1.807, 2.05) is 24.3 Å². The average molecular weight is 312 g/mol. The summed E-state index contributed by atoms with van der Waals surface area (Å²) in [6, 6.07) is 12.3. The molecular formula is C16H16Cl2FN. The highest BCUT2D eigenvalue weighted by Gasteiger charge is 2.12. The van der Waals surface area contributed by atoms with Gasteiger partial charge in [0.2, 0.25) is 0 Å². The second kappa shape index (κ2) is 7.07. The quantitative estimate of drug-likeness (QED) is 0.865. The van der Waals surface area contributed by atoms with Gasteiger partial charge >= 0.3 is 0 Å². The van der Waals surface area contributed by atoms with Crippen LogP contribution in [0.1, 0.15) is 11.1 Å². The van der Waals surface area contributed by atoms with Crippen molar-refractivity contribution in [3.05, 3.63) is 69.5 Å². The molecule has 0 amide bonds. The predicted octanol–water partition coefficient (Wildman–Crippen LogP) is 4.49. The topological polar surface area (TPSA) is 26.0 Å². The Morgan fingerprint density at radius 1 is 0.950 bits per heavy atom. The van der Waals surface area contributed by atoms with Gasteiger partial charge in [-0.05, 0) is 66.8 Å². The highest BCUT2D eigenvalue weighted by atomic mass is 35.5. The van der Waals surface area contributed by atoms with Gasteiger partial charge in [-0.25, -0.2) is 4.39 Å². The van der Waals surface area contributed by atoms with Crippen LogP contribution < -0.4 is 5.73 Å². The first kappa shape index (κ1) is 15.3. The van der Waals surface area contributed by atoms with E-state index in [4.69, 9.17) is 28.9 Å². The minimum atomic E-state index is -0.232. The summed E-state index contributed by atoms with van der Waals surface area (Å²) >= 11 is 11.8. The van der Waals surface area contributed by atoms with Crippen molar-refractivity contribution in [2.24, 2.45) is 11.7 Å². The largest absolute Gasteiger partial charge is 0.330 e. The third-order valence-corrected chi connectivity index (χ3v) is 3.77. The molecule has 0 saturated carbocycles. The van der Waals surface area contributed by atoms with Crippen molar-refractivity contribution < 1.29 is 4.39 Å². The van der Waals surface area contributed by atoms with E-state index >= 15 is 0 Å². The van der Waals surface area contributed by atoms with Crippen LogP contribution in [0.5, 0.6) is 0 Å². The van der Waals surface area contributed by atoms with Crippen LogP contribution in [0.2, 0.25) is 10.0 Å². The normalized spacial score (nSPS) is 12.4. The van der Waals surface area contributed by atoms with Crippen LogP contribution in [0, 0.1) is 11.7 Å². The zero-order valence-electron chi connectivity index (χ0n) is 11.0. The van der Waals surface area contributed by atoms with Crippen LogP contribution >= 0.6 is 23.2 Å². The van der Waals surface area contributed by atoms with Crippen molar-refractivity contribution in [3.8, 4) is 0 Å². The molecule has 0 aromatic heterocycles. The molecule has 106 valence electrons. The second-order valence-corrected chi connectivity index (χ2v) is 5.75. The van der Waals surface area contributed by atoms with Crippen molar-refractivity contribution in [1.29, 1.82) is 0 Å². The van der Waals surface area contributed by atoms with Gasteiger partial charge in [0, 0.05) is 10.0 Å². The molecule has 1 atom stereocenters. The van der Waals surface area contributed by atoms with E-state index in [0.717, 1.165) is 12.0 Å². The molecule has 0 saturated heterocycles. The predicted molar refractivity (Wildman–Crippen MR) is 82.8 cm³/mol. The van der Waals surface area contributed by atoms with Gasteiger partial charge in [0.15, 0.2) is 0 Å². The minimum Gasteiger partial charge on any atom is -0.330 e. The Balaban J connectivity index is 2.08. The van der Waals surface area contributed by atoms with E-state index < -0.39 is 0 Å². The molecule has 0 radical (unpaired) electrons. The molecule has 1 unspecified atom stereocenters. The molecule has 0 aliphatic carbocycles. The van der Waals surface area contributed by atoms with Gasteiger partial charge in [-0.15, -0.1) is 0 Å². The molecule has 2 rings (SSSR count). The molecule has 0 aliphatic heterocycles. The fraction of sp³-hybridized carbons (Fsp3) is 0.250. The number of benzene rings is 2. The molecule has 0 bridgehead atoms. The summed E-state index contributed by atoms with van der Waals surface area (Å²) in [5, 5.41) is 1.25. The average Bonchev–Trinajstić information content (AvgIpc) is 2.44. The lowest BCUT2D eigenvalue weighted by Gasteiger charge is -2.15. The minimum absolute atomic E-state index is 0.171. The molecule has 1 nitrogen and oxygen atoms in total. The lowest BCUT2D eigenvalue weighted by molar-refractivity contribution is 0.512. The van der Waals surface area contributed by atoms with Gasteiger partial charge in [0.25, 0.3) is 0 Å². The molecule has 0 heterocycles. The van der Waals surface area contributed by atoms with Gasteiger partial charge in [0.1, 0.15) is 5.82 Å². The van der Waals surface area contributed by atoms with Crippen LogP contribution in [-0.2, 0) is 12.8 Å². The third-order valence-electron chi connectivity index (χ3n) is 3.29. The maximum atomic E-state index is 13.7. The molecule has 4 heteroatoms. The van der Waals surface area contributed by atoms with Gasteiger partial charge in [-0.1, -0.05) is 35.3 Å². The molecule has 0 aliphatic rings. The van der Waals surface area contributed by atoms with Gasteiger partial charge < -0.3 is 5.73 Å². The van der Waals surface area contributed by atoms with E-state index in [1.54, 1.807) is 12.1 Å². The first-order chi connectivity index (χ1) is 9.58. The maximum Gasteiger partial charge on any atom is 0.126 e. The van der Waals surface area contributed by atoms with Crippen LogP contribution in [0.4, 0.5) is 4.39 Å². The maximum absolute atomic E-state index is 13.7. The van der Waals surface area contributed by atoms with E-state index in [2.05, 4.69) is 0 Å². The number of halogens is 3. The summed E-state index contributed by atoms with van der Waals surface area (Å²) < 4.78 is 13.7. The number of hydrogen-bond donors (Lipinski definition) is 1. The first-order valence-electron chi connectivity index (χ1n) is 6.47. The van der Waals surface area contributed by atoms with Crippen LogP contribution in [0.15, 0.2) is 42.5 Å². The summed E-state index contributed by atoms with van der Waals surface area (Å²) in [6.45, 7) is 0.495. The summed E-state index contributed by atoms with van der Waals surface area (Å²) in [5.74, 6) is -0.0619. The number of hydrogen-bond acceptors (Lipinski definition) is 1. The zero-order valence-corrected chi connectivity index (χ0v) is 12.5. The Labute approximate surface area is 128 Å². The highest BCUT2D eigenvalue weighted by Crippen LogP contribution is 2.20. The van der Waals surface area contributed by atoms with Crippen LogP contribution in [0.25, 0.3) is 0 Å². The lowest BCUT2D eigenvalue weighted by atomic mass is 9.92. The summed E-state index contributed by atoms with van der Waals surface area (Å²) in [5.41, 5.74) is 7.56.